The zero-order chi connectivity index (χ0) is 28.4. The van der Waals surface area contributed by atoms with Gasteiger partial charge < -0.3 is 13.9 Å². The lowest BCUT2D eigenvalue weighted by Gasteiger charge is -2.43. The van der Waals surface area contributed by atoms with Gasteiger partial charge in [0.05, 0.1) is 18.6 Å². The predicted octanol–water partition coefficient (Wildman–Crippen LogP) is 2.68. The minimum Gasteiger partial charge on any atom is -0.405 e. The maximum absolute atomic E-state index is 12.7. The number of methoxy groups -OCH3 is 1. The molecule has 2 aromatic carbocycles. The molecule has 4 rings (SSSR count). The van der Waals surface area contributed by atoms with Gasteiger partial charge in [0.15, 0.2) is 12.4 Å². The maximum Gasteiger partial charge on any atom is 0.505 e. The van der Waals surface area contributed by atoms with Gasteiger partial charge in [-0.3, -0.25) is 14.3 Å². The topological polar surface area (TPSA) is 120 Å². The van der Waals surface area contributed by atoms with Gasteiger partial charge in [-0.15, -0.1) is 0 Å². The fourth-order valence-electron chi connectivity index (χ4n) is 5.60. The summed E-state index contributed by atoms with van der Waals surface area (Å²) < 4.78 is 32.5. The summed E-state index contributed by atoms with van der Waals surface area (Å²) in [6, 6.07) is 20.3. The van der Waals surface area contributed by atoms with Crippen molar-refractivity contribution in [1.29, 1.82) is 0 Å². The summed E-state index contributed by atoms with van der Waals surface area (Å²) in [5, 5.41) is 1.91. The third-order valence-corrected chi connectivity index (χ3v) is 13.2. The van der Waals surface area contributed by atoms with Crippen LogP contribution in [0.1, 0.15) is 32.6 Å². The van der Waals surface area contributed by atoms with E-state index < -0.39 is 51.9 Å². The van der Waals surface area contributed by atoms with E-state index in [2.05, 4.69) is 50.0 Å². The van der Waals surface area contributed by atoms with Crippen LogP contribution in [-0.4, -0.2) is 54.8 Å². The zero-order valence-electron chi connectivity index (χ0n) is 22.9. The molecule has 0 bridgehead atoms. The molecule has 1 aromatic heterocycles. The molecule has 5 atom stereocenters. The average Bonchev–Trinajstić information content (AvgIpc) is 3.23. The highest BCUT2D eigenvalue weighted by Gasteiger charge is 2.54. The number of rotatable bonds is 9. The predicted molar refractivity (Wildman–Crippen MR) is 153 cm³/mol. The highest BCUT2D eigenvalue weighted by atomic mass is 31.1. The average molecular weight is 572 g/mol. The number of nitrogens with one attached hydrogen (secondary N) is 1. The number of aromatic amines is 1. The van der Waals surface area contributed by atoms with Crippen LogP contribution in [0.5, 0.6) is 0 Å². The van der Waals surface area contributed by atoms with Crippen LogP contribution in [-0.2, 0) is 18.5 Å². The second-order valence-electron chi connectivity index (χ2n) is 10.9. The lowest BCUT2D eigenvalue weighted by Crippen LogP contribution is -2.67. The first-order valence-electron chi connectivity index (χ1n) is 12.9. The lowest BCUT2D eigenvalue weighted by molar-refractivity contribution is -0.0611. The van der Waals surface area contributed by atoms with Gasteiger partial charge in [-0.1, -0.05) is 81.4 Å². The van der Waals surface area contributed by atoms with E-state index >= 15 is 0 Å². The molecule has 2 heterocycles. The van der Waals surface area contributed by atoms with Crippen LogP contribution in [0.2, 0.25) is 5.04 Å². The molecule has 1 aliphatic rings. The first-order chi connectivity index (χ1) is 18.5. The van der Waals surface area contributed by atoms with Gasteiger partial charge in [-0.2, -0.15) is 4.89 Å². The van der Waals surface area contributed by atoms with Gasteiger partial charge in [0.2, 0.25) is 0 Å². The third-order valence-electron chi connectivity index (χ3n) is 7.43. The second-order valence-corrected chi connectivity index (χ2v) is 16.3. The number of hydrogen-bond donors (Lipinski definition) is 2. The van der Waals surface area contributed by atoms with Gasteiger partial charge in [0.1, 0.15) is 6.10 Å². The van der Waals surface area contributed by atoms with E-state index in [1.165, 1.54) is 17.9 Å². The first-order valence-corrected chi connectivity index (χ1v) is 16.2. The third kappa shape index (κ3) is 5.77. The Morgan fingerprint density at radius 1 is 1.05 bits per heavy atom. The zero-order valence-corrected chi connectivity index (χ0v) is 24.8. The Labute approximate surface area is 229 Å². The van der Waals surface area contributed by atoms with Gasteiger partial charge in [0.25, 0.3) is 13.9 Å². The Balaban J connectivity index is 1.77. The largest absolute Gasteiger partial charge is 0.505 e. The molecule has 3 aromatic rings. The Hall–Kier alpha value is -2.72. The summed E-state index contributed by atoms with van der Waals surface area (Å²) in [6.07, 6.45) is -0.931. The van der Waals surface area contributed by atoms with Crippen LogP contribution in [0.25, 0.3) is 0 Å². The van der Waals surface area contributed by atoms with Crippen molar-refractivity contribution in [3.63, 3.8) is 0 Å². The molecule has 39 heavy (non-hydrogen) atoms. The molecule has 9 nitrogen and oxygen atoms in total. The van der Waals surface area contributed by atoms with Crippen molar-refractivity contribution in [3.8, 4) is 0 Å². The van der Waals surface area contributed by atoms with Crippen molar-refractivity contribution in [2.24, 2.45) is 5.92 Å². The van der Waals surface area contributed by atoms with Crippen LogP contribution < -0.4 is 21.6 Å². The summed E-state index contributed by atoms with van der Waals surface area (Å²) >= 11 is 0. The molecule has 2 N–H and O–H groups in total. The highest BCUT2D eigenvalue weighted by Crippen LogP contribution is 2.42. The Kier molecular flexibility index (Phi) is 8.85. The fourth-order valence-corrected chi connectivity index (χ4v) is 11.0. The smallest absolute Gasteiger partial charge is 0.405 e. The number of benzene rings is 2. The molecule has 0 amide bonds. The van der Waals surface area contributed by atoms with Crippen LogP contribution in [0.15, 0.2) is 76.4 Å². The van der Waals surface area contributed by atoms with E-state index in [1.54, 1.807) is 6.92 Å². The van der Waals surface area contributed by atoms with Crippen LogP contribution in [0.3, 0.4) is 0 Å². The van der Waals surface area contributed by atoms with E-state index in [4.69, 9.17) is 13.9 Å². The van der Waals surface area contributed by atoms with Gasteiger partial charge in [0, 0.05) is 18.9 Å². The summed E-state index contributed by atoms with van der Waals surface area (Å²) in [6.45, 7) is 8.21. The molecule has 0 saturated carbocycles. The molecule has 0 radical (unpaired) electrons. The number of aromatic nitrogens is 2. The minimum absolute atomic E-state index is 0.0871. The normalized spacial score (nSPS) is 22.2. The molecular weight excluding hydrogens is 535 g/mol. The summed E-state index contributed by atoms with van der Waals surface area (Å²) in [4.78, 5) is 36.9. The van der Waals surface area contributed by atoms with Crippen LogP contribution in [0.4, 0.5) is 0 Å². The monoisotopic (exact) mass is 571 g/mol. The van der Waals surface area contributed by atoms with Crippen LogP contribution in [0, 0.1) is 12.8 Å². The minimum atomic E-state index is -2.92. The molecule has 1 saturated heterocycles. The SMILES string of the molecule is CO[C@@H]1[C@H](C[P+](=O)O)[C@@H](CO[Si](c2ccccc2)(c2ccccc2)C(C)(C)C)O[C@H]1n1cc(C)c(=O)[nH]c1=O. The number of hydrogen-bond acceptors (Lipinski definition) is 6. The number of H-pyrrole nitrogens is 1. The Morgan fingerprint density at radius 3 is 2.10 bits per heavy atom. The second kappa shape index (κ2) is 11.8. The molecule has 0 spiro atoms. The summed E-state index contributed by atoms with van der Waals surface area (Å²) in [5.41, 5.74) is -0.784. The summed E-state index contributed by atoms with van der Waals surface area (Å²) in [5.74, 6) is -0.536. The number of nitrogens with zero attached hydrogens (tertiary/aromatic N) is 1. The van der Waals surface area contributed by atoms with Gasteiger partial charge in [-0.25, -0.2) is 4.79 Å². The highest BCUT2D eigenvalue weighted by molar-refractivity contribution is 7.38. The van der Waals surface area contributed by atoms with Crippen molar-refractivity contribution in [3.05, 3.63) is 93.3 Å². The lowest BCUT2D eigenvalue weighted by atomic mass is 10.0. The molecule has 0 aliphatic carbocycles. The quantitative estimate of drug-likeness (QED) is 0.299. The number of ether oxygens (including phenoxy) is 2. The summed E-state index contributed by atoms with van der Waals surface area (Å²) in [7, 11) is -3.97. The molecule has 1 aliphatic heterocycles. The standard InChI is InChI=1S/C28H35N2O7PSi/c1-19-16-30(27(32)29-25(19)31)26-24(35-5)22(18-38(33)34)23(37-26)17-36-39(28(2,3)4,20-12-8-6-9-13-20)21-14-10-7-11-15-21/h6-16,22-24,26H,17-18H2,1-5H3,(H-,29,31,32,33,34)/p+1/t22-,23-,24-,26-/m1/s1. The molecule has 1 fully saturated rings. The van der Waals surface area contributed by atoms with E-state index in [-0.39, 0.29) is 17.8 Å². The molecule has 11 heteroatoms. The van der Waals surface area contributed by atoms with Gasteiger partial charge in [-0.05, 0) is 26.9 Å². The molecule has 208 valence electrons. The Morgan fingerprint density at radius 2 is 1.62 bits per heavy atom. The van der Waals surface area contributed by atoms with Crippen molar-refractivity contribution >= 4 is 26.7 Å². The van der Waals surface area contributed by atoms with Crippen molar-refractivity contribution in [2.45, 2.75) is 51.2 Å². The molecular formula is C28H36N2O7PSi+. The van der Waals surface area contributed by atoms with Crippen molar-refractivity contribution in [2.75, 3.05) is 19.9 Å². The van der Waals surface area contributed by atoms with Gasteiger partial charge >= 0.3 is 13.7 Å². The first kappa shape index (κ1) is 29.3. The van der Waals surface area contributed by atoms with Crippen LogP contribution >= 0.6 is 8.03 Å². The fraction of sp³-hybridized carbons (Fsp3) is 0.429. The Bertz CT molecular complexity index is 1370. The maximum atomic E-state index is 12.7. The van der Waals surface area contributed by atoms with Crippen molar-refractivity contribution in [1.82, 2.24) is 9.55 Å². The van der Waals surface area contributed by atoms with E-state index in [1.807, 2.05) is 36.4 Å². The number of aryl methyl sites for hydroxylation is 1. The van der Waals surface area contributed by atoms with E-state index in [0.29, 0.717) is 5.56 Å². The van der Waals surface area contributed by atoms with E-state index in [9.17, 15) is 19.0 Å². The van der Waals surface area contributed by atoms with E-state index in [0.717, 1.165) is 10.4 Å². The molecule has 1 unspecified atom stereocenters. The van der Waals surface area contributed by atoms with Crippen molar-refractivity contribution < 1.29 is 23.4 Å².